The number of hydrogen-bond acceptors (Lipinski definition) is 5. The highest BCUT2D eigenvalue weighted by Gasteiger charge is 2.12. The van der Waals surface area contributed by atoms with E-state index in [0.717, 1.165) is 5.56 Å². The van der Waals surface area contributed by atoms with Crippen LogP contribution >= 0.6 is 0 Å². The van der Waals surface area contributed by atoms with Crippen molar-refractivity contribution >= 4 is 11.8 Å². The first-order valence-corrected chi connectivity index (χ1v) is 6.31. The summed E-state index contributed by atoms with van der Waals surface area (Å²) in [5.74, 6) is 0.752. The summed E-state index contributed by atoms with van der Waals surface area (Å²) in [6, 6.07) is 5.49. The van der Waals surface area contributed by atoms with Gasteiger partial charge >= 0.3 is 0 Å². The fourth-order valence-electron chi connectivity index (χ4n) is 1.71. The number of rotatable bonds is 5. The quantitative estimate of drug-likeness (QED) is 0.651. The lowest BCUT2D eigenvalue weighted by molar-refractivity contribution is -0.125. The molecule has 2 amide bonds. The Kier molecular flexibility index (Phi) is 4.78. The molecule has 0 saturated heterocycles. The summed E-state index contributed by atoms with van der Waals surface area (Å²) in [5.41, 5.74) is 6.01. The second-order valence-electron chi connectivity index (χ2n) is 4.24. The van der Waals surface area contributed by atoms with E-state index < -0.39 is 0 Å². The van der Waals surface area contributed by atoms with E-state index in [0.29, 0.717) is 31.3 Å². The number of carbonyl (C=O) groups is 2. The molecule has 1 heterocycles. The monoisotopic (exact) mass is 279 g/mol. The summed E-state index contributed by atoms with van der Waals surface area (Å²) >= 11 is 0. The zero-order valence-electron chi connectivity index (χ0n) is 11.0. The summed E-state index contributed by atoms with van der Waals surface area (Å²) in [6.07, 6.45) is 0. The molecule has 1 aromatic carbocycles. The van der Waals surface area contributed by atoms with Crippen LogP contribution < -0.4 is 25.8 Å². The third-order valence-electron chi connectivity index (χ3n) is 2.73. The number of benzene rings is 1. The molecule has 0 aliphatic carbocycles. The molecule has 0 fully saturated rings. The van der Waals surface area contributed by atoms with Crippen molar-refractivity contribution in [3.63, 3.8) is 0 Å². The van der Waals surface area contributed by atoms with Crippen molar-refractivity contribution in [3.05, 3.63) is 23.8 Å². The number of ether oxygens (including phenoxy) is 2. The van der Waals surface area contributed by atoms with Gasteiger partial charge in [0.05, 0.1) is 13.1 Å². The summed E-state index contributed by atoms with van der Waals surface area (Å²) in [5, 5.41) is 5.09. The second-order valence-corrected chi connectivity index (χ2v) is 4.24. The van der Waals surface area contributed by atoms with Gasteiger partial charge in [0, 0.05) is 6.54 Å². The van der Waals surface area contributed by atoms with Crippen molar-refractivity contribution in [3.8, 4) is 11.5 Å². The Morgan fingerprint density at radius 3 is 2.60 bits per heavy atom. The van der Waals surface area contributed by atoms with Gasteiger partial charge in [0.15, 0.2) is 11.5 Å². The molecule has 0 aromatic heterocycles. The minimum atomic E-state index is -0.362. The highest BCUT2D eigenvalue weighted by molar-refractivity contribution is 5.85. The maximum absolute atomic E-state index is 11.5. The first kappa shape index (κ1) is 14.1. The minimum absolute atomic E-state index is 0.0828. The minimum Gasteiger partial charge on any atom is -0.486 e. The van der Waals surface area contributed by atoms with E-state index in [9.17, 15) is 9.59 Å². The number of nitrogens with two attached hydrogens (primary N) is 1. The third-order valence-corrected chi connectivity index (χ3v) is 2.73. The second kappa shape index (κ2) is 6.76. The van der Waals surface area contributed by atoms with Gasteiger partial charge in [-0.25, -0.2) is 0 Å². The van der Waals surface area contributed by atoms with Crippen LogP contribution in [-0.4, -0.2) is 38.1 Å². The van der Waals surface area contributed by atoms with Crippen LogP contribution in [0.2, 0.25) is 0 Å². The van der Waals surface area contributed by atoms with E-state index >= 15 is 0 Å². The predicted octanol–water partition coefficient (Wildman–Crippen LogP) is -0.851. The van der Waals surface area contributed by atoms with Gasteiger partial charge in [-0.1, -0.05) is 6.07 Å². The highest BCUT2D eigenvalue weighted by Crippen LogP contribution is 2.30. The lowest BCUT2D eigenvalue weighted by Crippen LogP contribution is -2.39. The van der Waals surface area contributed by atoms with Crippen molar-refractivity contribution in [1.29, 1.82) is 0 Å². The Bertz CT molecular complexity index is 504. The van der Waals surface area contributed by atoms with Gasteiger partial charge in [-0.3, -0.25) is 9.59 Å². The Hall–Kier alpha value is -2.28. The molecule has 1 aliphatic heterocycles. The lowest BCUT2D eigenvalue weighted by atomic mass is 10.2. The summed E-state index contributed by atoms with van der Waals surface area (Å²) in [7, 11) is 0. The van der Waals surface area contributed by atoms with Crippen molar-refractivity contribution in [1.82, 2.24) is 10.6 Å². The Morgan fingerprint density at radius 2 is 1.85 bits per heavy atom. The van der Waals surface area contributed by atoms with E-state index in [1.807, 2.05) is 18.2 Å². The van der Waals surface area contributed by atoms with Crippen LogP contribution in [0.4, 0.5) is 0 Å². The summed E-state index contributed by atoms with van der Waals surface area (Å²) in [4.78, 5) is 22.4. The first-order chi connectivity index (χ1) is 9.69. The number of fused-ring (bicyclic) bond motifs is 1. The summed E-state index contributed by atoms with van der Waals surface area (Å²) in [6.45, 7) is 1.21. The fourth-order valence-corrected chi connectivity index (χ4v) is 1.71. The zero-order valence-corrected chi connectivity index (χ0v) is 11.0. The molecule has 1 aliphatic rings. The molecular formula is C13H17N3O4. The fraction of sp³-hybridized carbons (Fsp3) is 0.385. The van der Waals surface area contributed by atoms with Crippen LogP contribution in [0.15, 0.2) is 18.2 Å². The number of carbonyl (C=O) groups excluding carboxylic acids is 2. The molecule has 1 aromatic rings. The third kappa shape index (κ3) is 3.86. The molecule has 7 nitrogen and oxygen atoms in total. The topological polar surface area (TPSA) is 103 Å². The molecule has 0 saturated carbocycles. The molecule has 108 valence electrons. The maximum atomic E-state index is 11.5. The van der Waals surface area contributed by atoms with Gasteiger partial charge in [0.2, 0.25) is 11.8 Å². The molecule has 0 bridgehead atoms. The highest BCUT2D eigenvalue weighted by atomic mass is 16.6. The normalized spacial score (nSPS) is 12.7. The molecule has 0 radical (unpaired) electrons. The van der Waals surface area contributed by atoms with Gasteiger partial charge < -0.3 is 25.8 Å². The molecule has 0 unspecified atom stereocenters. The average Bonchev–Trinajstić information content (AvgIpc) is 2.50. The zero-order chi connectivity index (χ0) is 14.4. The number of hydrogen-bond donors (Lipinski definition) is 3. The van der Waals surface area contributed by atoms with Gasteiger partial charge in [-0.2, -0.15) is 0 Å². The summed E-state index contributed by atoms with van der Waals surface area (Å²) < 4.78 is 10.9. The maximum Gasteiger partial charge on any atom is 0.239 e. The average molecular weight is 279 g/mol. The van der Waals surface area contributed by atoms with E-state index in [-0.39, 0.29) is 24.9 Å². The number of nitrogens with one attached hydrogen (secondary N) is 2. The molecule has 7 heteroatoms. The molecule has 0 spiro atoms. The molecule has 0 atom stereocenters. The van der Waals surface area contributed by atoms with E-state index in [2.05, 4.69) is 10.6 Å². The van der Waals surface area contributed by atoms with Crippen LogP contribution in [-0.2, 0) is 16.1 Å². The van der Waals surface area contributed by atoms with Crippen LogP contribution in [0, 0.1) is 0 Å². The molecular weight excluding hydrogens is 262 g/mol. The van der Waals surface area contributed by atoms with Crippen molar-refractivity contribution in [2.45, 2.75) is 6.54 Å². The van der Waals surface area contributed by atoms with E-state index in [1.165, 1.54) is 0 Å². The molecule has 20 heavy (non-hydrogen) atoms. The largest absolute Gasteiger partial charge is 0.486 e. The van der Waals surface area contributed by atoms with Crippen LogP contribution in [0.3, 0.4) is 0 Å². The van der Waals surface area contributed by atoms with Crippen LogP contribution in [0.5, 0.6) is 11.5 Å². The van der Waals surface area contributed by atoms with Crippen LogP contribution in [0.25, 0.3) is 0 Å². The Balaban J connectivity index is 1.81. The predicted molar refractivity (Wildman–Crippen MR) is 71.3 cm³/mol. The van der Waals surface area contributed by atoms with Gasteiger partial charge in [0.1, 0.15) is 13.2 Å². The van der Waals surface area contributed by atoms with Crippen LogP contribution in [0.1, 0.15) is 5.56 Å². The SMILES string of the molecule is NCC(=O)NCC(=O)NCc1ccc2c(c1)OCCO2. The lowest BCUT2D eigenvalue weighted by Gasteiger charge is -2.19. The molecule has 4 N–H and O–H groups in total. The van der Waals surface area contributed by atoms with Gasteiger partial charge in [0.25, 0.3) is 0 Å². The number of amides is 2. The standard InChI is InChI=1S/C13H17N3O4/c14-6-12(17)16-8-13(18)15-7-9-1-2-10-11(5-9)20-4-3-19-10/h1-2,5H,3-4,6-8,14H2,(H,15,18)(H,16,17). The van der Waals surface area contributed by atoms with Crippen molar-refractivity contribution in [2.24, 2.45) is 5.73 Å². The smallest absolute Gasteiger partial charge is 0.239 e. The van der Waals surface area contributed by atoms with Crippen molar-refractivity contribution < 1.29 is 19.1 Å². The van der Waals surface area contributed by atoms with E-state index in [1.54, 1.807) is 0 Å². The van der Waals surface area contributed by atoms with Crippen molar-refractivity contribution in [2.75, 3.05) is 26.3 Å². The van der Waals surface area contributed by atoms with Gasteiger partial charge in [-0.15, -0.1) is 0 Å². The molecule has 2 rings (SSSR count). The van der Waals surface area contributed by atoms with Gasteiger partial charge in [-0.05, 0) is 17.7 Å². The Labute approximate surface area is 116 Å². The Morgan fingerprint density at radius 1 is 1.10 bits per heavy atom. The first-order valence-electron chi connectivity index (χ1n) is 6.31. The van der Waals surface area contributed by atoms with E-state index in [4.69, 9.17) is 15.2 Å².